The molecule has 0 rings (SSSR count). The lowest BCUT2D eigenvalue weighted by molar-refractivity contribution is -0.136. The Kier molecular flexibility index (Phi) is 17.6. The molecule has 3 heteroatoms. The Morgan fingerprint density at radius 1 is 0.583 bits per heavy atom. The topological polar surface area (TPSA) is 51.2 Å². The maximum atomic E-state index is 11.6. The first-order valence-corrected chi connectivity index (χ1v) is 10.2. The SMILES string of the molecule is CCCCCCCCCCCCCCCC(=O)C(=O)CCCC=O. The maximum Gasteiger partial charge on any atom is 0.198 e. The fourth-order valence-electron chi connectivity index (χ4n) is 2.93. The molecule has 0 aliphatic rings. The summed E-state index contributed by atoms with van der Waals surface area (Å²) in [4.78, 5) is 33.3. The Morgan fingerprint density at radius 3 is 1.38 bits per heavy atom. The predicted octanol–water partition coefficient (Wildman–Crippen LogP) is 5.98. The molecular formula is C21H38O3. The summed E-state index contributed by atoms with van der Waals surface area (Å²) in [6.07, 6.45) is 18.9. The van der Waals surface area contributed by atoms with Gasteiger partial charge in [0.25, 0.3) is 0 Å². The number of ketones is 2. The van der Waals surface area contributed by atoms with E-state index in [0.717, 1.165) is 19.1 Å². The first-order chi connectivity index (χ1) is 11.7. The van der Waals surface area contributed by atoms with Crippen LogP contribution in [0.15, 0.2) is 0 Å². The van der Waals surface area contributed by atoms with Crippen LogP contribution in [-0.4, -0.2) is 17.9 Å². The van der Waals surface area contributed by atoms with Crippen LogP contribution < -0.4 is 0 Å². The van der Waals surface area contributed by atoms with Crippen molar-refractivity contribution in [2.75, 3.05) is 0 Å². The van der Waals surface area contributed by atoms with E-state index in [1.54, 1.807) is 0 Å². The molecule has 0 aromatic carbocycles. The number of carbonyl (C=O) groups excluding carboxylic acids is 3. The Hall–Kier alpha value is -0.990. The van der Waals surface area contributed by atoms with Gasteiger partial charge >= 0.3 is 0 Å². The number of hydrogen-bond acceptors (Lipinski definition) is 3. The molecule has 0 aliphatic heterocycles. The third kappa shape index (κ3) is 15.9. The fourth-order valence-corrected chi connectivity index (χ4v) is 2.93. The van der Waals surface area contributed by atoms with Crippen molar-refractivity contribution >= 4 is 17.9 Å². The number of carbonyl (C=O) groups is 3. The lowest BCUT2D eigenvalue weighted by atomic mass is 10.0. The number of rotatable bonds is 19. The minimum atomic E-state index is -0.296. The molecule has 0 unspecified atom stereocenters. The van der Waals surface area contributed by atoms with E-state index in [1.807, 2.05) is 0 Å². The van der Waals surface area contributed by atoms with E-state index in [9.17, 15) is 14.4 Å². The second-order valence-corrected chi connectivity index (χ2v) is 6.90. The zero-order chi connectivity index (χ0) is 17.9. The van der Waals surface area contributed by atoms with Gasteiger partial charge in [0.05, 0.1) is 0 Å². The highest BCUT2D eigenvalue weighted by Gasteiger charge is 2.12. The van der Waals surface area contributed by atoms with Crippen LogP contribution in [0.1, 0.15) is 116 Å². The number of unbranched alkanes of at least 4 members (excludes halogenated alkanes) is 13. The average Bonchev–Trinajstić information content (AvgIpc) is 2.58. The van der Waals surface area contributed by atoms with E-state index in [1.165, 1.54) is 70.6 Å². The Balaban J connectivity index is 3.25. The second-order valence-electron chi connectivity index (χ2n) is 6.90. The molecule has 3 nitrogen and oxygen atoms in total. The maximum absolute atomic E-state index is 11.6. The van der Waals surface area contributed by atoms with Crippen molar-refractivity contribution in [3.8, 4) is 0 Å². The second kappa shape index (κ2) is 18.4. The minimum Gasteiger partial charge on any atom is -0.303 e. The molecule has 0 amide bonds. The first-order valence-electron chi connectivity index (χ1n) is 10.2. The van der Waals surface area contributed by atoms with E-state index < -0.39 is 0 Å². The summed E-state index contributed by atoms with van der Waals surface area (Å²) in [6, 6.07) is 0. The summed E-state index contributed by atoms with van der Waals surface area (Å²) in [5.41, 5.74) is 0. The summed E-state index contributed by atoms with van der Waals surface area (Å²) >= 11 is 0. The van der Waals surface area contributed by atoms with Crippen LogP contribution in [0.5, 0.6) is 0 Å². The molecule has 0 aromatic heterocycles. The van der Waals surface area contributed by atoms with Crippen LogP contribution in [0.2, 0.25) is 0 Å². The van der Waals surface area contributed by atoms with Gasteiger partial charge in [-0.3, -0.25) is 9.59 Å². The van der Waals surface area contributed by atoms with Crippen molar-refractivity contribution < 1.29 is 14.4 Å². The van der Waals surface area contributed by atoms with Crippen LogP contribution in [0.3, 0.4) is 0 Å². The van der Waals surface area contributed by atoms with E-state index in [4.69, 9.17) is 0 Å². The Bertz CT molecular complexity index is 323. The number of hydrogen-bond donors (Lipinski definition) is 0. The molecule has 0 radical (unpaired) electrons. The van der Waals surface area contributed by atoms with Gasteiger partial charge in [-0.05, 0) is 12.8 Å². The lowest BCUT2D eigenvalue weighted by Crippen LogP contribution is -2.13. The fraction of sp³-hybridized carbons (Fsp3) is 0.857. The van der Waals surface area contributed by atoms with Crippen molar-refractivity contribution in [3.05, 3.63) is 0 Å². The molecule has 0 N–H and O–H groups in total. The molecule has 24 heavy (non-hydrogen) atoms. The van der Waals surface area contributed by atoms with Crippen molar-refractivity contribution in [1.29, 1.82) is 0 Å². The van der Waals surface area contributed by atoms with Crippen LogP contribution in [0.25, 0.3) is 0 Å². The molecular weight excluding hydrogens is 300 g/mol. The first kappa shape index (κ1) is 23.0. The van der Waals surface area contributed by atoms with Gasteiger partial charge in [0, 0.05) is 19.3 Å². The molecule has 0 spiro atoms. The monoisotopic (exact) mass is 338 g/mol. The molecule has 0 bridgehead atoms. The largest absolute Gasteiger partial charge is 0.303 e. The third-order valence-electron chi connectivity index (χ3n) is 4.54. The van der Waals surface area contributed by atoms with Gasteiger partial charge in [-0.25, -0.2) is 0 Å². The van der Waals surface area contributed by atoms with E-state index in [-0.39, 0.29) is 18.0 Å². The minimum absolute atomic E-state index is 0.232. The van der Waals surface area contributed by atoms with Crippen molar-refractivity contribution in [3.63, 3.8) is 0 Å². The van der Waals surface area contributed by atoms with Crippen LogP contribution in [0.4, 0.5) is 0 Å². The van der Waals surface area contributed by atoms with Gasteiger partial charge in [-0.1, -0.05) is 84.0 Å². The molecule has 0 aromatic rings. The highest BCUT2D eigenvalue weighted by atomic mass is 16.2. The van der Waals surface area contributed by atoms with Crippen LogP contribution >= 0.6 is 0 Å². The molecule has 0 atom stereocenters. The van der Waals surface area contributed by atoms with Crippen molar-refractivity contribution in [2.24, 2.45) is 0 Å². The Morgan fingerprint density at radius 2 is 0.958 bits per heavy atom. The average molecular weight is 339 g/mol. The van der Waals surface area contributed by atoms with Gasteiger partial charge in [0.1, 0.15) is 6.29 Å². The normalized spacial score (nSPS) is 10.7. The molecule has 0 saturated heterocycles. The highest BCUT2D eigenvalue weighted by molar-refractivity contribution is 6.37. The van der Waals surface area contributed by atoms with Crippen LogP contribution in [-0.2, 0) is 14.4 Å². The summed E-state index contributed by atoms with van der Waals surface area (Å²) in [5.74, 6) is -0.542. The summed E-state index contributed by atoms with van der Waals surface area (Å²) in [5, 5.41) is 0. The zero-order valence-electron chi connectivity index (χ0n) is 15.8. The smallest absolute Gasteiger partial charge is 0.198 e. The van der Waals surface area contributed by atoms with Gasteiger partial charge < -0.3 is 4.79 Å². The van der Waals surface area contributed by atoms with Crippen LogP contribution in [0, 0.1) is 0 Å². The third-order valence-corrected chi connectivity index (χ3v) is 4.54. The van der Waals surface area contributed by atoms with E-state index in [2.05, 4.69) is 6.92 Å². The molecule has 0 saturated carbocycles. The molecule has 0 aliphatic carbocycles. The lowest BCUT2D eigenvalue weighted by Gasteiger charge is -2.03. The molecule has 140 valence electrons. The standard InChI is InChI=1S/C21H38O3/c1-2-3-4-5-6-7-8-9-10-11-12-13-14-17-20(23)21(24)18-15-16-19-22/h19H,2-18H2,1H3. The van der Waals surface area contributed by atoms with Gasteiger partial charge in [0.2, 0.25) is 0 Å². The number of aldehydes is 1. The van der Waals surface area contributed by atoms with Crippen molar-refractivity contribution in [2.45, 2.75) is 116 Å². The summed E-state index contributed by atoms with van der Waals surface area (Å²) in [7, 11) is 0. The van der Waals surface area contributed by atoms with Gasteiger partial charge in [0.15, 0.2) is 11.6 Å². The van der Waals surface area contributed by atoms with E-state index in [0.29, 0.717) is 19.3 Å². The summed E-state index contributed by atoms with van der Waals surface area (Å²) in [6.45, 7) is 2.25. The molecule has 0 fully saturated rings. The molecule has 0 heterocycles. The summed E-state index contributed by atoms with van der Waals surface area (Å²) < 4.78 is 0. The van der Waals surface area contributed by atoms with Gasteiger partial charge in [-0.2, -0.15) is 0 Å². The van der Waals surface area contributed by atoms with E-state index >= 15 is 0 Å². The quantitative estimate of drug-likeness (QED) is 0.165. The van der Waals surface area contributed by atoms with Crippen molar-refractivity contribution in [1.82, 2.24) is 0 Å². The van der Waals surface area contributed by atoms with Gasteiger partial charge in [-0.15, -0.1) is 0 Å². The number of Topliss-reactive ketones (excluding diaryl/α,β-unsaturated/α-hetero) is 2. The highest BCUT2D eigenvalue weighted by Crippen LogP contribution is 2.13. The predicted molar refractivity (Wildman–Crippen MR) is 100 cm³/mol. The Labute approximate surface area is 149 Å². The zero-order valence-corrected chi connectivity index (χ0v) is 15.8.